The highest BCUT2D eigenvalue weighted by Crippen LogP contribution is 2.52. The number of rotatable bonds is 3. The van der Waals surface area contributed by atoms with Gasteiger partial charge in [0, 0.05) is 16.7 Å². The van der Waals surface area contributed by atoms with Crippen LogP contribution in [0, 0.1) is 12.8 Å². The molecule has 0 radical (unpaired) electrons. The van der Waals surface area contributed by atoms with E-state index in [1.807, 2.05) is 25.1 Å². The van der Waals surface area contributed by atoms with E-state index in [4.69, 9.17) is 19.4 Å². The van der Waals surface area contributed by atoms with Crippen LogP contribution < -0.4 is 9.47 Å². The second-order valence-corrected chi connectivity index (χ2v) is 8.80. The SMILES string of the molecule is Cc1cccc(-c2[nH]c(C34CCC(CC3)CC4)nc2-c2ccc3c(c2)OCO3)n1. The molecule has 3 saturated carbocycles. The quantitative estimate of drug-likeness (QED) is 0.654. The second-order valence-electron chi connectivity index (χ2n) is 8.80. The Bertz CT molecular complexity index is 1070. The van der Waals surface area contributed by atoms with E-state index in [1.165, 1.54) is 38.5 Å². The van der Waals surface area contributed by atoms with E-state index in [9.17, 15) is 0 Å². The maximum absolute atomic E-state index is 5.62. The number of hydrogen-bond acceptors (Lipinski definition) is 4. The van der Waals surface area contributed by atoms with Crippen molar-refractivity contribution in [2.75, 3.05) is 6.79 Å². The van der Waals surface area contributed by atoms with Crippen LogP contribution in [0.5, 0.6) is 11.5 Å². The van der Waals surface area contributed by atoms with E-state index >= 15 is 0 Å². The molecule has 3 heterocycles. The molecule has 7 rings (SSSR count). The molecule has 2 bridgehead atoms. The van der Waals surface area contributed by atoms with Gasteiger partial charge in [0.2, 0.25) is 6.79 Å². The highest BCUT2D eigenvalue weighted by Gasteiger charge is 2.44. The van der Waals surface area contributed by atoms with Gasteiger partial charge in [-0.25, -0.2) is 4.98 Å². The third-order valence-electron chi connectivity index (χ3n) is 7.09. The van der Waals surface area contributed by atoms with Crippen molar-refractivity contribution in [3.8, 4) is 34.1 Å². The first kappa shape index (κ1) is 17.1. The van der Waals surface area contributed by atoms with E-state index in [0.717, 1.165) is 51.6 Å². The number of aryl methyl sites for hydroxylation is 1. The molecule has 0 atom stereocenters. The molecule has 0 amide bonds. The van der Waals surface area contributed by atoms with Crippen molar-refractivity contribution in [1.29, 1.82) is 0 Å². The van der Waals surface area contributed by atoms with Gasteiger partial charge < -0.3 is 14.5 Å². The summed E-state index contributed by atoms with van der Waals surface area (Å²) in [5.74, 6) is 3.65. The third-order valence-corrected chi connectivity index (χ3v) is 7.09. The van der Waals surface area contributed by atoms with Crippen LogP contribution in [-0.4, -0.2) is 21.7 Å². The van der Waals surface area contributed by atoms with Crippen LogP contribution in [0.2, 0.25) is 0 Å². The molecule has 3 fully saturated rings. The molecule has 0 spiro atoms. The fraction of sp³-hybridized carbons (Fsp3) is 0.417. The summed E-state index contributed by atoms with van der Waals surface area (Å²) < 4.78 is 11.1. The monoisotopic (exact) mass is 387 g/mol. The Labute approximate surface area is 170 Å². The second kappa shape index (κ2) is 6.34. The van der Waals surface area contributed by atoms with E-state index in [-0.39, 0.29) is 12.2 Å². The molecule has 2 aromatic heterocycles. The molecule has 1 N–H and O–H groups in total. The third kappa shape index (κ3) is 2.75. The summed E-state index contributed by atoms with van der Waals surface area (Å²) in [4.78, 5) is 13.7. The minimum absolute atomic E-state index is 0.196. The molecule has 3 aromatic rings. The molecule has 0 saturated heterocycles. The largest absolute Gasteiger partial charge is 0.454 e. The Balaban J connectivity index is 1.51. The summed E-state index contributed by atoms with van der Waals surface area (Å²) in [7, 11) is 0. The number of H-pyrrole nitrogens is 1. The molecule has 29 heavy (non-hydrogen) atoms. The fourth-order valence-corrected chi connectivity index (χ4v) is 5.35. The number of imidazole rings is 1. The minimum Gasteiger partial charge on any atom is -0.454 e. The van der Waals surface area contributed by atoms with Gasteiger partial charge >= 0.3 is 0 Å². The number of ether oxygens (including phenoxy) is 2. The van der Waals surface area contributed by atoms with Gasteiger partial charge in [-0.3, -0.25) is 4.98 Å². The Kier molecular flexibility index (Phi) is 3.73. The zero-order valence-corrected chi connectivity index (χ0v) is 16.7. The van der Waals surface area contributed by atoms with E-state index in [1.54, 1.807) is 0 Å². The molecule has 148 valence electrons. The number of nitrogens with zero attached hydrogens (tertiary/aromatic N) is 2. The highest BCUT2D eigenvalue weighted by atomic mass is 16.7. The van der Waals surface area contributed by atoms with Gasteiger partial charge in [0.25, 0.3) is 0 Å². The van der Waals surface area contributed by atoms with Crippen LogP contribution in [0.15, 0.2) is 36.4 Å². The number of fused-ring (bicyclic) bond motifs is 4. The summed E-state index contributed by atoms with van der Waals surface area (Å²) in [6.45, 7) is 2.31. The zero-order chi connectivity index (χ0) is 19.4. The first-order valence-corrected chi connectivity index (χ1v) is 10.6. The molecule has 5 heteroatoms. The molecule has 1 aliphatic heterocycles. The lowest BCUT2D eigenvalue weighted by molar-refractivity contribution is 0.129. The topological polar surface area (TPSA) is 60.0 Å². The maximum Gasteiger partial charge on any atom is 0.231 e. The van der Waals surface area contributed by atoms with Crippen molar-refractivity contribution < 1.29 is 9.47 Å². The standard InChI is InChI=1S/C24H25N3O2/c1-15-3-2-4-18(25-15)22-21(17-5-6-19-20(13-17)29-14-28-19)26-23(27-22)24-10-7-16(8-11-24)9-12-24/h2-6,13,16H,7-12,14H2,1H3,(H,26,27). The highest BCUT2D eigenvalue weighted by molar-refractivity contribution is 5.78. The summed E-state index contributed by atoms with van der Waals surface area (Å²) >= 11 is 0. The number of aromatic nitrogens is 3. The number of aromatic amines is 1. The molecular weight excluding hydrogens is 362 g/mol. The van der Waals surface area contributed by atoms with Crippen molar-refractivity contribution in [3.05, 3.63) is 47.9 Å². The minimum atomic E-state index is 0.196. The number of nitrogens with one attached hydrogen (secondary N) is 1. The summed E-state index contributed by atoms with van der Waals surface area (Å²) in [6.07, 6.45) is 7.72. The predicted octanol–water partition coefficient (Wildman–Crippen LogP) is 5.40. The van der Waals surface area contributed by atoms with Crippen LogP contribution in [0.4, 0.5) is 0 Å². The van der Waals surface area contributed by atoms with E-state index in [0.29, 0.717) is 0 Å². The Hall–Kier alpha value is -2.82. The smallest absolute Gasteiger partial charge is 0.231 e. The molecule has 0 unspecified atom stereocenters. The average Bonchev–Trinajstić information content (AvgIpc) is 3.42. The molecule has 1 aromatic carbocycles. The fourth-order valence-electron chi connectivity index (χ4n) is 5.35. The van der Waals surface area contributed by atoms with Crippen LogP contribution in [0.1, 0.15) is 50.0 Å². The van der Waals surface area contributed by atoms with Gasteiger partial charge in [-0.15, -0.1) is 0 Å². The molecule has 4 aliphatic rings. The van der Waals surface area contributed by atoms with Gasteiger partial charge in [-0.1, -0.05) is 6.07 Å². The number of benzene rings is 1. The van der Waals surface area contributed by atoms with Crippen molar-refractivity contribution in [2.24, 2.45) is 5.92 Å². The Morgan fingerprint density at radius 1 is 0.966 bits per heavy atom. The zero-order valence-electron chi connectivity index (χ0n) is 16.7. The van der Waals surface area contributed by atoms with Crippen LogP contribution >= 0.6 is 0 Å². The first-order chi connectivity index (χ1) is 14.2. The van der Waals surface area contributed by atoms with E-state index < -0.39 is 0 Å². The summed E-state index contributed by atoms with van der Waals surface area (Å²) in [6, 6.07) is 12.2. The van der Waals surface area contributed by atoms with Crippen LogP contribution in [-0.2, 0) is 5.41 Å². The number of hydrogen-bond donors (Lipinski definition) is 1. The average molecular weight is 387 g/mol. The lowest BCUT2D eigenvalue weighted by Crippen LogP contribution is -2.38. The van der Waals surface area contributed by atoms with Crippen molar-refractivity contribution in [1.82, 2.24) is 15.0 Å². The molecular formula is C24H25N3O2. The van der Waals surface area contributed by atoms with E-state index in [2.05, 4.69) is 23.2 Å². The van der Waals surface area contributed by atoms with Crippen LogP contribution in [0.3, 0.4) is 0 Å². The summed E-state index contributed by atoms with van der Waals surface area (Å²) in [5, 5.41) is 0. The van der Waals surface area contributed by atoms with Crippen molar-refractivity contribution >= 4 is 0 Å². The van der Waals surface area contributed by atoms with Crippen molar-refractivity contribution in [2.45, 2.75) is 50.9 Å². The lowest BCUT2D eigenvalue weighted by Gasteiger charge is -2.45. The normalized spacial score (nSPS) is 24.8. The predicted molar refractivity (Wildman–Crippen MR) is 111 cm³/mol. The molecule has 3 aliphatic carbocycles. The van der Waals surface area contributed by atoms with Gasteiger partial charge in [-0.2, -0.15) is 0 Å². The van der Waals surface area contributed by atoms with Crippen molar-refractivity contribution in [3.63, 3.8) is 0 Å². The Morgan fingerprint density at radius 2 is 1.76 bits per heavy atom. The van der Waals surface area contributed by atoms with Gasteiger partial charge in [0.1, 0.15) is 5.82 Å². The van der Waals surface area contributed by atoms with Gasteiger partial charge in [-0.05, 0) is 81.7 Å². The number of pyridine rings is 1. The maximum atomic E-state index is 5.62. The van der Waals surface area contributed by atoms with Crippen LogP contribution in [0.25, 0.3) is 22.6 Å². The van der Waals surface area contributed by atoms with Gasteiger partial charge in [0.05, 0.1) is 17.1 Å². The Morgan fingerprint density at radius 3 is 2.55 bits per heavy atom. The lowest BCUT2D eigenvalue weighted by atomic mass is 9.60. The summed E-state index contributed by atoms with van der Waals surface area (Å²) in [5.41, 5.74) is 5.14. The molecule has 5 nitrogen and oxygen atoms in total. The first-order valence-electron chi connectivity index (χ1n) is 10.6. The van der Waals surface area contributed by atoms with Gasteiger partial charge in [0.15, 0.2) is 11.5 Å².